The molecule has 0 aromatic rings. The number of aliphatic hydroxyl groups excluding tert-OH is 1. The van der Waals surface area contributed by atoms with Crippen molar-refractivity contribution >= 4 is 5.97 Å². The number of rotatable bonds is 1. The van der Waals surface area contributed by atoms with Crippen molar-refractivity contribution in [1.29, 1.82) is 0 Å². The molecule has 3 fully saturated rings. The van der Waals surface area contributed by atoms with E-state index in [1.807, 2.05) is 0 Å². The van der Waals surface area contributed by atoms with E-state index >= 15 is 0 Å². The van der Waals surface area contributed by atoms with Crippen molar-refractivity contribution in [1.82, 2.24) is 0 Å². The number of carbonyl (C=O) groups excluding carboxylic acids is 1. The van der Waals surface area contributed by atoms with E-state index in [4.69, 9.17) is 14.2 Å². The van der Waals surface area contributed by atoms with Crippen LogP contribution >= 0.6 is 0 Å². The lowest BCUT2D eigenvalue weighted by molar-refractivity contribution is -0.294. The molecule has 3 rings (SSSR count). The van der Waals surface area contributed by atoms with Crippen LogP contribution in [0.25, 0.3) is 0 Å². The molecule has 0 amide bonds. The minimum Gasteiger partial charge on any atom is -0.465 e. The molecule has 1 saturated carbocycles. The third-order valence-electron chi connectivity index (χ3n) is 4.38. The maximum atomic E-state index is 11.8. The van der Waals surface area contributed by atoms with Crippen LogP contribution in [0.5, 0.6) is 0 Å². The van der Waals surface area contributed by atoms with Gasteiger partial charge < -0.3 is 19.3 Å². The lowest BCUT2D eigenvalue weighted by atomic mass is 9.75. The van der Waals surface area contributed by atoms with E-state index in [-0.39, 0.29) is 30.0 Å². The highest BCUT2D eigenvalue weighted by molar-refractivity contribution is 5.76. The summed E-state index contributed by atoms with van der Waals surface area (Å²) < 4.78 is 16.2. The summed E-state index contributed by atoms with van der Waals surface area (Å²) in [4.78, 5) is 11.8. The van der Waals surface area contributed by atoms with Gasteiger partial charge in [0.05, 0.1) is 18.6 Å². The predicted molar refractivity (Wildman–Crippen MR) is 52.3 cm³/mol. The van der Waals surface area contributed by atoms with Crippen molar-refractivity contribution in [3.63, 3.8) is 0 Å². The first-order chi connectivity index (χ1) is 7.58. The van der Waals surface area contributed by atoms with Crippen molar-refractivity contribution in [3.05, 3.63) is 0 Å². The summed E-state index contributed by atoms with van der Waals surface area (Å²) in [5, 5.41) is 10.0. The minimum atomic E-state index is -0.848. The average molecular weight is 228 g/mol. The summed E-state index contributed by atoms with van der Waals surface area (Å²) >= 11 is 0. The second-order valence-corrected chi connectivity index (χ2v) is 5.09. The Labute approximate surface area is 93.7 Å². The van der Waals surface area contributed by atoms with E-state index in [0.717, 1.165) is 0 Å². The highest BCUT2D eigenvalue weighted by atomic mass is 16.7. The van der Waals surface area contributed by atoms with Crippen LogP contribution < -0.4 is 0 Å². The predicted octanol–water partition coefficient (Wildman–Crippen LogP) is -0.0822. The van der Waals surface area contributed by atoms with Gasteiger partial charge >= 0.3 is 5.97 Å². The lowest BCUT2D eigenvalue weighted by Crippen LogP contribution is -2.59. The van der Waals surface area contributed by atoms with E-state index < -0.39 is 11.7 Å². The van der Waals surface area contributed by atoms with Gasteiger partial charge in [0.15, 0.2) is 6.29 Å². The molecule has 1 aliphatic carbocycles. The quantitative estimate of drug-likeness (QED) is 0.636. The van der Waals surface area contributed by atoms with Crippen LogP contribution in [0.4, 0.5) is 0 Å². The number of methoxy groups -OCH3 is 1. The molecule has 0 unspecified atom stereocenters. The molecule has 90 valence electrons. The van der Waals surface area contributed by atoms with Crippen LogP contribution in [0.3, 0.4) is 0 Å². The highest BCUT2D eigenvalue weighted by Gasteiger charge is 2.66. The van der Waals surface area contributed by atoms with Crippen LogP contribution in [-0.4, -0.2) is 42.8 Å². The van der Waals surface area contributed by atoms with Crippen LogP contribution in [0.15, 0.2) is 0 Å². The van der Waals surface area contributed by atoms with Gasteiger partial charge in [-0.3, -0.25) is 4.79 Å². The summed E-state index contributed by atoms with van der Waals surface area (Å²) in [6, 6.07) is 0. The number of hydrogen-bond donors (Lipinski definition) is 1. The van der Waals surface area contributed by atoms with Crippen LogP contribution in [0.2, 0.25) is 0 Å². The van der Waals surface area contributed by atoms with E-state index in [0.29, 0.717) is 13.0 Å². The van der Waals surface area contributed by atoms with Crippen molar-refractivity contribution in [3.8, 4) is 0 Å². The van der Waals surface area contributed by atoms with Crippen molar-refractivity contribution < 1.29 is 24.1 Å². The molecule has 2 saturated heterocycles. The molecule has 1 N–H and O–H groups in total. The van der Waals surface area contributed by atoms with Gasteiger partial charge in [0, 0.05) is 13.0 Å². The van der Waals surface area contributed by atoms with E-state index in [1.54, 1.807) is 14.0 Å². The Morgan fingerprint density at radius 3 is 2.94 bits per heavy atom. The van der Waals surface area contributed by atoms with Gasteiger partial charge in [-0.1, -0.05) is 0 Å². The Hall–Kier alpha value is -0.650. The zero-order valence-electron chi connectivity index (χ0n) is 9.38. The molecule has 6 atom stereocenters. The second kappa shape index (κ2) is 3.18. The monoisotopic (exact) mass is 228 g/mol. The molecule has 5 nitrogen and oxygen atoms in total. The maximum absolute atomic E-state index is 11.8. The number of cyclic esters (lactones) is 1. The van der Waals surface area contributed by atoms with Gasteiger partial charge in [0.2, 0.25) is 0 Å². The molecule has 4 bridgehead atoms. The molecule has 0 aromatic carbocycles. The standard InChI is InChI=1S/C11H16O5/c1-11-7(12)3-5-6(10(14-2)16-11)4-15-9(13)8(5)11/h5-8,10,12H,3-4H2,1-2H3/t5-,6-,7+,8-,10-,11-/m1/s1. The Kier molecular flexibility index (Phi) is 2.09. The minimum absolute atomic E-state index is 0.0536. The fourth-order valence-electron chi connectivity index (χ4n) is 3.48. The second-order valence-electron chi connectivity index (χ2n) is 5.09. The molecule has 5 heteroatoms. The number of hydrogen-bond acceptors (Lipinski definition) is 5. The fourth-order valence-corrected chi connectivity index (χ4v) is 3.48. The third-order valence-corrected chi connectivity index (χ3v) is 4.38. The van der Waals surface area contributed by atoms with Crippen molar-refractivity contribution in [2.45, 2.75) is 31.3 Å². The SMILES string of the molecule is CO[C@@H]1O[C@]2(C)[C@@H](O)C[C@@H]3[C@H]1COC(=O)[C@@H]32. The van der Waals surface area contributed by atoms with Gasteiger partial charge in [0.1, 0.15) is 5.60 Å². The summed E-state index contributed by atoms with van der Waals surface area (Å²) in [7, 11) is 1.58. The maximum Gasteiger partial charge on any atom is 0.312 e. The zero-order chi connectivity index (χ0) is 11.5. The third kappa shape index (κ3) is 1.08. The zero-order valence-corrected chi connectivity index (χ0v) is 9.38. The van der Waals surface area contributed by atoms with Gasteiger partial charge in [-0.15, -0.1) is 0 Å². The number of carbonyl (C=O) groups is 1. The average Bonchev–Trinajstić information content (AvgIpc) is 2.44. The number of aliphatic hydroxyl groups is 1. The molecule has 2 heterocycles. The topological polar surface area (TPSA) is 65.0 Å². The Morgan fingerprint density at radius 1 is 1.50 bits per heavy atom. The molecule has 16 heavy (non-hydrogen) atoms. The first kappa shape index (κ1) is 10.5. The Bertz CT molecular complexity index is 330. The lowest BCUT2D eigenvalue weighted by Gasteiger charge is -2.48. The number of esters is 1. The van der Waals surface area contributed by atoms with Crippen LogP contribution in [-0.2, 0) is 19.0 Å². The number of ether oxygens (including phenoxy) is 3. The summed E-state index contributed by atoms with van der Waals surface area (Å²) in [5.74, 6) is -0.402. The van der Waals surface area contributed by atoms with Crippen LogP contribution in [0.1, 0.15) is 13.3 Å². The molecule has 0 spiro atoms. The molecular formula is C11H16O5. The van der Waals surface area contributed by atoms with Crippen molar-refractivity contribution in [2.24, 2.45) is 17.8 Å². The summed E-state index contributed by atoms with van der Waals surface area (Å²) in [6.07, 6.45) is -0.395. The molecular weight excluding hydrogens is 212 g/mol. The first-order valence-corrected chi connectivity index (χ1v) is 5.63. The molecule has 0 aromatic heterocycles. The Balaban J connectivity index is 2.02. The molecule has 3 aliphatic rings. The van der Waals surface area contributed by atoms with E-state index in [2.05, 4.69) is 0 Å². The van der Waals surface area contributed by atoms with Gasteiger partial charge in [-0.25, -0.2) is 0 Å². The highest BCUT2D eigenvalue weighted by Crippen LogP contribution is 2.54. The largest absolute Gasteiger partial charge is 0.465 e. The first-order valence-electron chi connectivity index (χ1n) is 5.63. The normalized spacial score (nSPS) is 54.9. The molecule has 2 aliphatic heterocycles. The summed E-state index contributed by atoms with van der Waals surface area (Å²) in [6.45, 7) is 2.11. The molecule has 0 radical (unpaired) electrons. The van der Waals surface area contributed by atoms with Gasteiger partial charge in [-0.2, -0.15) is 0 Å². The van der Waals surface area contributed by atoms with E-state index in [1.165, 1.54) is 0 Å². The van der Waals surface area contributed by atoms with E-state index in [9.17, 15) is 9.90 Å². The van der Waals surface area contributed by atoms with Gasteiger partial charge in [-0.05, 0) is 19.3 Å². The van der Waals surface area contributed by atoms with Crippen molar-refractivity contribution in [2.75, 3.05) is 13.7 Å². The Morgan fingerprint density at radius 2 is 2.25 bits per heavy atom. The fraction of sp³-hybridized carbons (Fsp3) is 0.909. The summed E-state index contributed by atoms with van der Waals surface area (Å²) in [5.41, 5.74) is -0.848. The van der Waals surface area contributed by atoms with Gasteiger partial charge in [0.25, 0.3) is 0 Å². The van der Waals surface area contributed by atoms with Crippen LogP contribution in [0, 0.1) is 17.8 Å². The smallest absolute Gasteiger partial charge is 0.312 e.